The Morgan fingerprint density at radius 3 is 0.912 bits per heavy atom. The van der Waals surface area contributed by atoms with Crippen LogP contribution in [0.3, 0.4) is 0 Å². The Bertz CT molecular complexity index is 1290. The van der Waals surface area contributed by atoms with E-state index in [9.17, 15) is 14.4 Å². The molecule has 3 rings (SSSR count). The van der Waals surface area contributed by atoms with Gasteiger partial charge in [-0.2, -0.15) is 0 Å². The Balaban J connectivity index is -0.000000227. The fourth-order valence-corrected chi connectivity index (χ4v) is 5.86. The summed E-state index contributed by atoms with van der Waals surface area (Å²) in [6.45, 7) is 69.6. The van der Waals surface area contributed by atoms with Crippen molar-refractivity contribution in [3.8, 4) is 0 Å². The molecule has 0 unspecified atom stereocenters. The molecule has 5 nitrogen and oxygen atoms in total. The summed E-state index contributed by atoms with van der Waals surface area (Å²) in [7, 11) is 0. The molecule has 3 fully saturated rings. The van der Waals surface area contributed by atoms with E-state index in [0.717, 1.165) is 79.1 Å². The van der Waals surface area contributed by atoms with Gasteiger partial charge in [0.05, 0.1) is 19.6 Å². The van der Waals surface area contributed by atoms with Crippen molar-refractivity contribution in [1.82, 2.24) is 0 Å². The van der Waals surface area contributed by atoms with E-state index in [4.69, 9.17) is 10.1 Å². The fourth-order valence-electron chi connectivity index (χ4n) is 5.86. The van der Waals surface area contributed by atoms with Crippen LogP contribution in [0, 0.1) is 84.7 Å². The van der Waals surface area contributed by atoms with Crippen LogP contribution in [0.25, 0.3) is 0 Å². The highest BCUT2D eigenvalue weighted by Gasteiger charge is 2.40. The number of hydrogen-bond acceptors (Lipinski definition) is 5. The minimum Gasteiger partial charge on any atom is -0.380 e. The van der Waals surface area contributed by atoms with Gasteiger partial charge in [0, 0.05) is 30.4 Å². The molecule has 3 aliphatic rings. The van der Waals surface area contributed by atoms with Gasteiger partial charge in [0.1, 0.15) is 17.3 Å². The molecule has 68 heavy (non-hydrogen) atoms. The smallest absolute Gasteiger partial charge is 0.140 e. The lowest BCUT2D eigenvalue weighted by molar-refractivity contribution is -0.127. The number of rotatable bonds is 16. The monoisotopic (exact) mass is 964 g/mol. The highest BCUT2D eigenvalue weighted by Crippen LogP contribution is 2.51. The molecule has 2 aliphatic carbocycles. The Labute approximate surface area is 430 Å². The number of ether oxygens (including phenoxy) is 1. The molecule has 1 N–H and O–H groups in total. The second-order valence-electron chi connectivity index (χ2n) is 27.9. The quantitative estimate of drug-likeness (QED) is 0.123. The summed E-state index contributed by atoms with van der Waals surface area (Å²) in [5.74, 6) is 5.52. The molecule has 0 amide bonds. The first-order chi connectivity index (χ1) is 30.3. The van der Waals surface area contributed by atoms with E-state index in [2.05, 4.69) is 201 Å². The van der Waals surface area contributed by atoms with Gasteiger partial charge in [-0.1, -0.05) is 214 Å². The molecular weight excluding hydrogens is 835 g/mol. The van der Waals surface area contributed by atoms with Gasteiger partial charge in [-0.3, -0.25) is 14.4 Å². The lowest BCUT2D eigenvalue weighted by Gasteiger charge is -2.42. The van der Waals surface area contributed by atoms with Crippen LogP contribution in [0.15, 0.2) is 0 Å². The fraction of sp³-hybridized carbons (Fsp3) is 0.937. The molecule has 0 spiro atoms. The predicted octanol–water partition coefficient (Wildman–Crippen LogP) is 20.2. The van der Waals surface area contributed by atoms with Crippen LogP contribution in [0.1, 0.15) is 292 Å². The maximum Gasteiger partial charge on any atom is 0.140 e. The summed E-state index contributed by atoms with van der Waals surface area (Å²) in [5, 5.41) is 7.34. The maximum absolute atomic E-state index is 11.4. The molecule has 1 saturated heterocycles. The molecule has 0 aromatic carbocycles. The highest BCUT2D eigenvalue weighted by atomic mass is 16.5. The molecule has 0 bridgehead atoms. The van der Waals surface area contributed by atoms with Gasteiger partial charge in [0.15, 0.2) is 0 Å². The average molecular weight is 965 g/mol. The summed E-state index contributed by atoms with van der Waals surface area (Å²) in [6.07, 6.45) is 12.5. The van der Waals surface area contributed by atoms with E-state index in [1.54, 1.807) is 0 Å². The SMILES string of the molecule is CC(=N)CC(C)(C)C(C)C.CC(=O)CC(=O)CC(C)(C)C(C)C.CC(C)C(C)(C)C.CC(C)C1(C)CC1.CC(C)C1(C)CCC1.CC(C)C1(C)COC1.CCC.CCCC(=O)CC(C)(C)C(C)C. The van der Waals surface area contributed by atoms with Crippen molar-refractivity contribution in [3.63, 3.8) is 0 Å². The molecule has 0 radical (unpaired) electrons. The van der Waals surface area contributed by atoms with Gasteiger partial charge in [0.2, 0.25) is 0 Å². The van der Waals surface area contributed by atoms with Crippen LogP contribution in [0.4, 0.5) is 0 Å². The van der Waals surface area contributed by atoms with Crippen molar-refractivity contribution in [2.24, 2.45) is 79.3 Å². The van der Waals surface area contributed by atoms with Crippen LogP contribution in [-0.2, 0) is 19.1 Å². The summed E-state index contributed by atoms with van der Waals surface area (Å²) < 4.78 is 5.10. The zero-order chi connectivity index (χ0) is 55.5. The number of carbonyl (C=O) groups is 3. The number of carbonyl (C=O) groups excluding carboxylic acids is 3. The Kier molecular flexibility index (Phi) is 38.8. The first kappa shape index (κ1) is 75.6. The van der Waals surface area contributed by atoms with Crippen LogP contribution >= 0.6 is 0 Å². The molecule has 410 valence electrons. The van der Waals surface area contributed by atoms with Crippen molar-refractivity contribution in [2.75, 3.05) is 13.2 Å². The standard InChI is InChI=1S/C11H20O2.C11H22O.C9H19N.C8H16.C7H14O.C7H14.C7H16.C3H8/c1-8(2)11(4,5)7-10(13)6-9(3)12;1-6-7-10(12)8-11(4,5)9(2)3;1-7(2)9(4,5)6-8(3)10;1-7(2)8(3)5-4-6-8;1-6(2)7(3)4-8-5-7;1-6(2)7(3)4-5-7;1-6(2)7(3,4)5;1-3-2/h8H,6-7H2,1-5H3;9H,6-8H2,1-5H3;7,10H,6H2,1-5H3;7H,4-6H2,1-3H3;6H,4-5H2,1-3H3;6H,4-5H2,1-3H3;6H,1-5H3;3H2,1-2H3. The minimum atomic E-state index is -0.0374. The molecule has 5 heteroatoms. The first-order valence-electron chi connectivity index (χ1n) is 28.0. The van der Waals surface area contributed by atoms with E-state index >= 15 is 0 Å². The summed E-state index contributed by atoms with van der Waals surface area (Å²) >= 11 is 0. The zero-order valence-electron chi connectivity index (χ0n) is 52.6. The van der Waals surface area contributed by atoms with Crippen LogP contribution in [0.2, 0.25) is 0 Å². The molecular formula is C63H129NO4. The first-order valence-corrected chi connectivity index (χ1v) is 28.0. The maximum atomic E-state index is 11.4. The third-order valence-corrected chi connectivity index (χ3v) is 17.0. The molecule has 2 saturated carbocycles. The summed E-state index contributed by atoms with van der Waals surface area (Å²) in [6, 6.07) is 0. The van der Waals surface area contributed by atoms with Crippen LogP contribution in [0.5, 0.6) is 0 Å². The zero-order valence-corrected chi connectivity index (χ0v) is 52.6. The van der Waals surface area contributed by atoms with Gasteiger partial charge in [-0.15, -0.1) is 0 Å². The molecule has 1 heterocycles. The van der Waals surface area contributed by atoms with Crippen LogP contribution < -0.4 is 0 Å². The number of ketones is 3. The lowest BCUT2D eigenvalue weighted by Crippen LogP contribution is -2.43. The van der Waals surface area contributed by atoms with Crippen molar-refractivity contribution in [1.29, 1.82) is 5.41 Å². The van der Waals surface area contributed by atoms with Gasteiger partial charge >= 0.3 is 0 Å². The molecule has 1 aliphatic heterocycles. The topological polar surface area (TPSA) is 84.3 Å². The molecule has 0 aromatic rings. The molecule has 0 aromatic heterocycles. The van der Waals surface area contributed by atoms with E-state index < -0.39 is 0 Å². The number of hydrogen-bond donors (Lipinski definition) is 1. The Morgan fingerprint density at radius 2 is 0.794 bits per heavy atom. The van der Waals surface area contributed by atoms with E-state index in [1.165, 1.54) is 45.4 Å². The summed E-state index contributed by atoms with van der Waals surface area (Å²) in [4.78, 5) is 33.4. The Hall–Kier alpha value is -1.36. The van der Waals surface area contributed by atoms with Crippen molar-refractivity contribution >= 4 is 23.1 Å². The van der Waals surface area contributed by atoms with E-state index in [0.29, 0.717) is 46.2 Å². The second-order valence-corrected chi connectivity index (χ2v) is 27.9. The average Bonchev–Trinajstić information content (AvgIpc) is 3.88. The van der Waals surface area contributed by atoms with Gasteiger partial charge in [-0.25, -0.2) is 0 Å². The van der Waals surface area contributed by atoms with Crippen LogP contribution in [-0.4, -0.2) is 36.3 Å². The normalized spacial score (nSPS) is 16.4. The number of Topliss-reactive ketones (excluding diaryl/α,β-unsaturated/α-hetero) is 3. The van der Waals surface area contributed by atoms with Crippen molar-refractivity contribution in [2.45, 2.75) is 292 Å². The van der Waals surface area contributed by atoms with Gasteiger partial charge < -0.3 is 10.1 Å². The van der Waals surface area contributed by atoms with E-state index in [-0.39, 0.29) is 28.8 Å². The Morgan fingerprint density at radius 1 is 0.500 bits per heavy atom. The third kappa shape index (κ3) is 37.4. The third-order valence-electron chi connectivity index (χ3n) is 17.0. The minimum absolute atomic E-state index is 0.00648. The lowest BCUT2D eigenvalue weighted by atomic mass is 9.64. The van der Waals surface area contributed by atoms with Gasteiger partial charge in [-0.05, 0) is 126 Å². The van der Waals surface area contributed by atoms with E-state index in [1.807, 2.05) is 6.92 Å². The predicted molar refractivity (Wildman–Crippen MR) is 306 cm³/mol. The van der Waals surface area contributed by atoms with Crippen molar-refractivity contribution < 1.29 is 19.1 Å². The molecule has 0 atom stereocenters. The summed E-state index contributed by atoms with van der Waals surface area (Å²) in [5.41, 5.74) is 3.74. The number of nitrogens with one attached hydrogen (secondary N) is 1. The largest absolute Gasteiger partial charge is 0.380 e. The van der Waals surface area contributed by atoms with Crippen molar-refractivity contribution in [3.05, 3.63) is 0 Å². The second kappa shape index (κ2) is 34.9. The highest BCUT2D eigenvalue weighted by molar-refractivity contribution is 5.98. The van der Waals surface area contributed by atoms with Gasteiger partial charge in [0.25, 0.3) is 0 Å².